The minimum absolute atomic E-state index is 0.0789. The monoisotopic (exact) mass is 356 g/mol. The van der Waals surface area contributed by atoms with E-state index in [2.05, 4.69) is 10.6 Å². The molecule has 1 atom stereocenters. The third-order valence-electron chi connectivity index (χ3n) is 3.81. The van der Waals surface area contributed by atoms with E-state index >= 15 is 0 Å². The largest absolute Gasteiger partial charge is 0.492 e. The van der Waals surface area contributed by atoms with Crippen LogP contribution in [-0.2, 0) is 9.59 Å². The van der Waals surface area contributed by atoms with E-state index in [1.807, 2.05) is 66.8 Å². The van der Waals surface area contributed by atoms with Crippen LogP contribution in [0.2, 0.25) is 0 Å². The van der Waals surface area contributed by atoms with E-state index < -0.39 is 6.04 Å². The van der Waals surface area contributed by atoms with Crippen LogP contribution >= 0.6 is 0 Å². The summed E-state index contributed by atoms with van der Waals surface area (Å²) in [5, 5.41) is 7.63. The number of rotatable bonds is 9. The number of hydrogen-bond donors (Lipinski definition) is 3. The van der Waals surface area contributed by atoms with Crippen molar-refractivity contribution < 1.29 is 19.6 Å². The molecule has 0 radical (unpaired) electrons. The lowest BCUT2D eigenvalue weighted by molar-refractivity contribution is -0.680. The summed E-state index contributed by atoms with van der Waals surface area (Å²) in [6, 6.07) is 16.5. The van der Waals surface area contributed by atoms with Crippen LogP contribution in [0.4, 0.5) is 5.69 Å². The third kappa shape index (κ3) is 5.89. The van der Waals surface area contributed by atoms with E-state index in [9.17, 15) is 9.59 Å². The van der Waals surface area contributed by atoms with Gasteiger partial charge in [0.1, 0.15) is 5.75 Å². The molecule has 26 heavy (non-hydrogen) atoms. The minimum Gasteiger partial charge on any atom is -0.492 e. The zero-order valence-corrected chi connectivity index (χ0v) is 15.2. The molecule has 0 aliphatic carbocycles. The van der Waals surface area contributed by atoms with Crippen LogP contribution in [0.3, 0.4) is 0 Å². The maximum absolute atomic E-state index is 12.9. The second kappa shape index (κ2) is 10.2. The Morgan fingerprint density at radius 1 is 1.08 bits per heavy atom. The van der Waals surface area contributed by atoms with Gasteiger partial charge in [-0.1, -0.05) is 42.5 Å². The molecule has 0 saturated heterocycles. The number of quaternary nitrogens is 1. The molecule has 0 aliphatic heterocycles. The maximum atomic E-state index is 12.9. The first-order valence-corrected chi connectivity index (χ1v) is 8.77. The normalized spacial score (nSPS) is 11.5. The molecule has 0 unspecified atom stereocenters. The molecule has 0 heterocycles. The van der Waals surface area contributed by atoms with Crippen molar-refractivity contribution in [3.63, 3.8) is 0 Å². The maximum Gasteiger partial charge on any atom is 0.287 e. The van der Waals surface area contributed by atoms with Gasteiger partial charge in [-0.2, -0.15) is 0 Å². The van der Waals surface area contributed by atoms with Gasteiger partial charge in [0.25, 0.3) is 5.91 Å². The number of ether oxygens (including phenoxy) is 1. The van der Waals surface area contributed by atoms with E-state index in [0.29, 0.717) is 31.1 Å². The van der Waals surface area contributed by atoms with Gasteiger partial charge in [0, 0.05) is 12.5 Å². The van der Waals surface area contributed by atoms with Gasteiger partial charge in [0.05, 0.1) is 25.4 Å². The molecule has 6 heteroatoms. The number of anilines is 1. The van der Waals surface area contributed by atoms with Crippen molar-refractivity contribution >= 4 is 17.5 Å². The summed E-state index contributed by atoms with van der Waals surface area (Å²) in [6.45, 7) is 5.01. The second-order valence-corrected chi connectivity index (χ2v) is 5.81. The molecule has 2 aromatic carbocycles. The summed E-state index contributed by atoms with van der Waals surface area (Å²) in [5.41, 5.74) is 1.55. The second-order valence-electron chi connectivity index (χ2n) is 5.81. The summed E-state index contributed by atoms with van der Waals surface area (Å²) in [4.78, 5) is 23.9. The first-order valence-electron chi connectivity index (χ1n) is 8.77. The van der Waals surface area contributed by atoms with Crippen LogP contribution in [0.1, 0.15) is 25.5 Å². The molecule has 0 fully saturated rings. The molecule has 0 aliphatic rings. The molecule has 2 aromatic rings. The van der Waals surface area contributed by atoms with Crippen molar-refractivity contribution in [1.29, 1.82) is 0 Å². The summed E-state index contributed by atoms with van der Waals surface area (Å²) in [7, 11) is 0. The smallest absolute Gasteiger partial charge is 0.287 e. The van der Waals surface area contributed by atoms with Gasteiger partial charge in [0.15, 0.2) is 6.04 Å². The van der Waals surface area contributed by atoms with Crippen LogP contribution in [0.5, 0.6) is 5.75 Å². The van der Waals surface area contributed by atoms with Crippen LogP contribution < -0.4 is 20.7 Å². The van der Waals surface area contributed by atoms with Crippen molar-refractivity contribution in [3.05, 3.63) is 60.2 Å². The van der Waals surface area contributed by atoms with Gasteiger partial charge >= 0.3 is 0 Å². The Hall–Kier alpha value is -2.86. The van der Waals surface area contributed by atoms with Gasteiger partial charge in [-0.3, -0.25) is 9.59 Å². The predicted molar refractivity (Wildman–Crippen MR) is 101 cm³/mol. The number of para-hydroxylation sites is 2. The topological polar surface area (TPSA) is 84.0 Å². The lowest BCUT2D eigenvalue weighted by Crippen LogP contribution is -2.88. The van der Waals surface area contributed by atoms with E-state index in [-0.39, 0.29) is 11.8 Å². The number of carbonyl (C=O) groups is 2. The zero-order valence-electron chi connectivity index (χ0n) is 15.2. The number of amides is 2. The lowest BCUT2D eigenvalue weighted by atomic mass is 10.1. The van der Waals surface area contributed by atoms with Gasteiger partial charge < -0.3 is 20.7 Å². The summed E-state index contributed by atoms with van der Waals surface area (Å²) in [5.74, 6) is 0.435. The Morgan fingerprint density at radius 2 is 1.77 bits per heavy atom. The molecule has 2 rings (SSSR count). The number of nitrogens with one attached hydrogen (secondary N) is 2. The molecule has 0 saturated carbocycles. The first kappa shape index (κ1) is 19.5. The van der Waals surface area contributed by atoms with Gasteiger partial charge in [0.2, 0.25) is 5.91 Å². The predicted octanol–water partition coefficient (Wildman–Crippen LogP) is 1.46. The Balaban J connectivity index is 2.11. The van der Waals surface area contributed by atoms with Crippen molar-refractivity contribution in [1.82, 2.24) is 5.32 Å². The molecule has 0 spiro atoms. The van der Waals surface area contributed by atoms with E-state index in [0.717, 1.165) is 5.56 Å². The fourth-order valence-corrected chi connectivity index (χ4v) is 2.61. The van der Waals surface area contributed by atoms with E-state index in [1.54, 1.807) is 0 Å². The molecule has 0 aromatic heterocycles. The number of carbonyl (C=O) groups excluding carboxylic acids is 2. The van der Waals surface area contributed by atoms with Crippen molar-refractivity contribution in [2.45, 2.75) is 19.9 Å². The van der Waals surface area contributed by atoms with Gasteiger partial charge in [-0.05, 0) is 19.1 Å². The average Bonchev–Trinajstić information content (AvgIpc) is 2.64. The molecule has 138 valence electrons. The van der Waals surface area contributed by atoms with Crippen LogP contribution in [0.25, 0.3) is 0 Å². The standard InChI is InChI=1S/C20H25N3O3/c1-3-26-18-12-8-7-11-17(18)23-20(25)19(16-9-5-4-6-10-16)22-14-13-21-15(2)24/h4-12,19,22H,3,13-14H2,1-2H3,(H,21,24)(H,23,25)/p+1/t19-/m0/s1. The Kier molecular flexibility index (Phi) is 7.64. The quantitative estimate of drug-likeness (QED) is 0.595. The van der Waals surface area contributed by atoms with Crippen molar-refractivity contribution in [2.75, 3.05) is 25.0 Å². The highest BCUT2D eigenvalue weighted by Crippen LogP contribution is 2.24. The summed E-state index contributed by atoms with van der Waals surface area (Å²) >= 11 is 0. The van der Waals surface area contributed by atoms with Gasteiger partial charge in [-0.15, -0.1) is 0 Å². The third-order valence-corrected chi connectivity index (χ3v) is 3.81. The average molecular weight is 356 g/mol. The number of hydrogen-bond acceptors (Lipinski definition) is 3. The highest BCUT2D eigenvalue weighted by molar-refractivity contribution is 5.95. The Bertz CT molecular complexity index is 719. The molecular formula is C20H26N3O3+. The fourth-order valence-electron chi connectivity index (χ4n) is 2.61. The Morgan fingerprint density at radius 3 is 2.46 bits per heavy atom. The molecule has 4 N–H and O–H groups in total. The zero-order chi connectivity index (χ0) is 18.8. The first-order chi connectivity index (χ1) is 12.6. The highest BCUT2D eigenvalue weighted by Gasteiger charge is 2.24. The van der Waals surface area contributed by atoms with Crippen LogP contribution in [0.15, 0.2) is 54.6 Å². The van der Waals surface area contributed by atoms with E-state index in [4.69, 9.17) is 4.74 Å². The van der Waals surface area contributed by atoms with Crippen LogP contribution in [0, 0.1) is 0 Å². The number of nitrogens with two attached hydrogens (primary N) is 1. The summed E-state index contributed by atoms with van der Waals surface area (Å²) in [6.07, 6.45) is 0. The molecule has 0 bridgehead atoms. The number of benzene rings is 2. The SMILES string of the molecule is CCOc1ccccc1NC(=O)[C@@H]([NH2+]CCNC(C)=O)c1ccccc1. The molecule has 2 amide bonds. The molecular weight excluding hydrogens is 330 g/mol. The van der Waals surface area contributed by atoms with Crippen LogP contribution in [-0.4, -0.2) is 31.5 Å². The van der Waals surface area contributed by atoms with E-state index in [1.165, 1.54) is 6.92 Å². The van der Waals surface area contributed by atoms with Gasteiger partial charge in [-0.25, -0.2) is 0 Å². The minimum atomic E-state index is -0.417. The highest BCUT2D eigenvalue weighted by atomic mass is 16.5. The van der Waals surface area contributed by atoms with Crippen molar-refractivity contribution in [3.8, 4) is 5.75 Å². The lowest BCUT2D eigenvalue weighted by Gasteiger charge is -2.17. The summed E-state index contributed by atoms with van der Waals surface area (Å²) < 4.78 is 5.58. The molecule has 6 nitrogen and oxygen atoms in total. The Labute approximate surface area is 153 Å². The van der Waals surface area contributed by atoms with Crippen molar-refractivity contribution in [2.24, 2.45) is 0 Å². The fraction of sp³-hybridized carbons (Fsp3) is 0.300.